The van der Waals surface area contributed by atoms with Crippen molar-refractivity contribution < 1.29 is 32.9 Å². The molecule has 0 aliphatic carbocycles. The highest BCUT2D eigenvalue weighted by Gasteiger charge is 2.23. The molecule has 2 N–H and O–H groups in total. The van der Waals surface area contributed by atoms with Gasteiger partial charge in [0, 0.05) is 6.42 Å². The van der Waals surface area contributed by atoms with E-state index in [0.717, 1.165) is 109 Å². The second-order valence-electron chi connectivity index (χ2n) is 18.8. The minimum atomic E-state index is -4.61. The molecule has 0 aliphatic heterocycles. The van der Waals surface area contributed by atoms with E-state index in [1.807, 2.05) is 40.2 Å². The molecule has 0 bridgehead atoms. The minimum absolute atomic E-state index is 0.0170. The Morgan fingerprint density at radius 1 is 0.529 bits per heavy atom. The van der Waals surface area contributed by atoms with Gasteiger partial charge in [0.15, 0.2) is 0 Å². The minimum Gasteiger partial charge on any atom is -0.756 e. The molecular formula is C61H101N2O6P. The van der Waals surface area contributed by atoms with Crippen LogP contribution in [0.3, 0.4) is 0 Å². The van der Waals surface area contributed by atoms with Gasteiger partial charge in [0.25, 0.3) is 7.82 Å². The van der Waals surface area contributed by atoms with Crippen molar-refractivity contribution in [3.8, 4) is 0 Å². The summed E-state index contributed by atoms with van der Waals surface area (Å²) in [6, 6.07) is -0.919. The van der Waals surface area contributed by atoms with E-state index in [0.29, 0.717) is 17.4 Å². The fraction of sp³-hybridized carbons (Fsp3) is 0.590. The third-order valence-electron chi connectivity index (χ3n) is 11.1. The Balaban J connectivity index is 4.04. The number of unbranched alkanes of at least 4 members (excludes halogenated alkanes) is 13. The lowest BCUT2D eigenvalue weighted by Crippen LogP contribution is -2.45. The van der Waals surface area contributed by atoms with E-state index in [-0.39, 0.29) is 12.5 Å². The van der Waals surface area contributed by atoms with Gasteiger partial charge in [-0.15, -0.1) is 0 Å². The average Bonchev–Trinajstić information content (AvgIpc) is 3.32. The van der Waals surface area contributed by atoms with Crippen molar-refractivity contribution in [2.75, 3.05) is 40.9 Å². The molecule has 70 heavy (non-hydrogen) atoms. The van der Waals surface area contributed by atoms with Gasteiger partial charge in [-0.2, -0.15) is 0 Å². The number of quaternary nitrogens is 1. The van der Waals surface area contributed by atoms with Crippen molar-refractivity contribution in [1.82, 2.24) is 5.32 Å². The third kappa shape index (κ3) is 52.2. The van der Waals surface area contributed by atoms with Gasteiger partial charge in [0.2, 0.25) is 5.91 Å². The second-order valence-corrected chi connectivity index (χ2v) is 20.3. The van der Waals surface area contributed by atoms with Crippen LogP contribution < -0.4 is 10.2 Å². The predicted octanol–water partition coefficient (Wildman–Crippen LogP) is 15.9. The molecule has 0 aromatic heterocycles. The summed E-state index contributed by atoms with van der Waals surface area (Å²) in [6.45, 7) is 4.23. The molecule has 0 heterocycles. The van der Waals surface area contributed by atoms with Crippen LogP contribution in [-0.2, 0) is 18.4 Å². The van der Waals surface area contributed by atoms with Crippen LogP contribution in [0.15, 0.2) is 146 Å². The van der Waals surface area contributed by atoms with Gasteiger partial charge in [-0.1, -0.05) is 211 Å². The number of aliphatic hydroxyl groups excluding tert-OH is 1. The smallest absolute Gasteiger partial charge is 0.268 e. The fourth-order valence-electron chi connectivity index (χ4n) is 6.89. The number of amides is 1. The number of nitrogens with zero attached hydrogens (tertiary/aromatic N) is 1. The van der Waals surface area contributed by atoms with Gasteiger partial charge < -0.3 is 28.8 Å². The van der Waals surface area contributed by atoms with Gasteiger partial charge in [-0.3, -0.25) is 9.36 Å². The highest BCUT2D eigenvalue weighted by Crippen LogP contribution is 2.38. The predicted molar refractivity (Wildman–Crippen MR) is 301 cm³/mol. The topological polar surface area (TPSA) is 108 Å². The van der Waals surface area contributed by atoms with Crippen LogP contribution in [0.25, 0.3) is 0 Å². The number of phosphoric acid groups is 1. The van der Waals surface area contributed by atoms with Gasteiger partial charge in [0.05, 0.1) is 39.9 Å². The summed E-state index contributed by atoms with van der Waals surface area (Å²) in [7, 11) is 1.21. The quantitative estimate of drug-likeness (QED) is 0.0272. The van der Waals surface area contributed by atoms with Crippen LogP contribution in [0.4, 0.5) is 0 Å². The Hall–Kier alpha value is -3.62. The number of allylic oxidation sites excluding steroid dienone is 23. The van der Waals surface area contributed by atoms with Crippen LogP contribution in [0.5, 0.6) is 0 Å². The summed E-state index contributed by atoms with van der Waals surface area (Å²) in [4.78, 5) is 25.3. The Morgan fingerprint density at radius 3 is 1.33 bits per heavy atom. The first-order valence-electron chi connectivity index (χ1n) is 27.2. The molecule has 0 saturated heterocycles. The van der Waals surface area contributed by atoms with Crippen LogP contribution in [0, 0.1) is 0 Å². The van der Waals surface area contributed by atoms with Crippen LogP contribution in [0.2, 0.25) is 0 Å². The van der Waals surface area contributed by atoms with Crippen LogP contribution in [0.1, 0.15) is 181 Å². The zero-order chi connectivity index (χ0) is 51.3. The molecule has 9 heteroatoms. The van der Waals surface area contributed by atoms with Gasteiger partial charge in [0.1, 0.15) is 13.2 Å². The Kier molecular flexibility index (Phi) is 47.7. The van der Waals surface area contributed by atoms with Crippen molar-refractivity contribution in [2.24, 2.45) is 0 Å². The molecule has 0 radical (unpaired) electrons. The fourth-order valence-corrected chi connectivity index (χ4v) is 7.61. The van der Waals surface area contributed by atoms with Crippen LogP contribution in [-0.4, -0.2) is 68.5 Å². The van der Waals surface area contributed by atoms with Crippen molar-refractivity contribution in [3.63, 3.8) is 0 Å². The maximum atomic E-state index is 12.9. The monoisotopic (exact) mass is 989 g/mol. The molecule has 0 aromatic carbocycles. The van der Waals surface area contributed by atoms with Crippen molar-refractivity contribution in [3.05, 3.63) is 146 Å². The Labute approximate surface area is 429 Å². The Bertz CT molecular complexity index is 1640. The number of nitrogens with one attached hydrogen (secondary N) is 1. The zero-order valence-corrected chi connectivity index (χ0v) is 45.8. The lowest BCUT2D eigenvalue weighted by atomic mass is 10.0. The van der Waals surface area contributed by atoms with E-state index >= 15 is 0 Å². The van der Waals surface area contributed by atoms with Crippen molar-refractivity contribution >= 4 is 13.7 Å². The number of carbonyl (C=O) groups is 1. The molecule has 0 fully saturated rings. The molecule has 0 aromatic rings. The number of hydrogen-bond acceptors (Lipinski definition) is 6. The summed E-state index contributed by atoms with van der Waals surface area (Å²) < 4.78 is 23.1. The van der Waals surface area contributed by atoms with E-state index in [1.165, 1.54) is 51.4 Å². The first-order valence-corrected chi connectivity index (χ1v) is 28.6. The highest BCUT2D eigenvalue weighted by molar-refractivity contribution is 7.45. The summed E-state index contributed by atoms with van der Waals surface area (Å²) in [5, 5.41) is 13.7. The lowest BCUT2D eigenvalue weighted by Gasteiger charge is -2.29. The number of likely N-dealkylation sites (N-methyl/N-ethyl adjacent to an activating group) is 1. The van der Waals surface area contributed by atoms with E-state index < -0.39 is 26.6 Å². The lowest BCUT2D eigenvalue weighted by molar-refractivity contribution is -0.870. The molecular weight excluding hydrogens is 888 g/mol. The van der Waals surface area contributed by atoms with Gasteiger partial charge >= 0.3 is 0 Å². The third-order valence-corrected chi connectivity index (χ3v) is 12.1. The first kappa shape index (κ1) is 66.4. The summed E-state index contributed by atoms with van der Waals surface area (Å²) in [5.41, 5.74) is 0. The van der Waals surface area contributed by atoms with Crippen molar-refractivity contribution in [2.45, 2.75) is 193 Å². The molecule has 3 unspecified atom stereocenters. The maximum absolute atomic E-state index is 12.9. The van der Waals surface area contributed by atoms with E-state index in [4.69, 9.17) is 9.05 Å². The number of aliphatic hydroxyl groups is 1. The standard InChI is InChI=1S/C61H101N2O6P/c1-6-8-10-12-14-16-17-18-19-20-21-22-23-24-25-26-27-28-29-30-31-32-33-34-35-36-37-38-39-40-41-42-43-44-45-47-49-51-53-55-61(65)62-59(58-69-70(66,67)68-57-56-63(3,4)5)60(64)54-52-50-48-46-15-13-11-9-7-2/h7-10,14-16,18-19,21-22,24-25,27-28,30-31,33-34,36-37,46,52,54,59-60,64H,6,11-13,17,20,23,26,29,32,35,38-45,47-51,53,55-58H2,1-5H3,(H-,62,65,66,67)/b9-7+,10-8-,16-14-,19-18-,22-21-,25-24-,28-27-,31-30-,34-33-,37-36-,46-15+,54-52+. The maximum Gasteiger partial charge on any atom is 0.268 e. The molecule has 1 amide bonds. The van der Waals surface area contributed by atoms with Gasteiger partial charge in [-0.05, 0) is 110 Å². The molecule has 8 nitrogen and oxygen atoms in total. The second kappa shape index (κ2) is 50.3. The molecule has 0 rings (SSSR count). The van der Waals surface area contributed by atoms with E-state index in [9.17, 15) is 19.4 Å². The normalized spacial score (nSPS) is 15.1. The Morgan fingerprint density at radius 2 is 0.900 bits per heavy atom. The summed E-state index contributed by atoms with van der Waals surface area (Å²) in [6.07, 6.45) is 78.2. The largest absolute Gasteiger partial charge is 0.756 e. The van der Waals surface area contributed by atoms with Crippen LogP contribution >= 0.6 is 7.82 Å². The SMILES string of the molecule is C/C=C/CC/C=C/CC/C=C/C(O)C(COP(=O)([O-])OCC[N+](C)(C)C)NC(=O)CCCCCCCCCCCCC/C=C\C/C=C\C/C=C\C/C=C\C/C=C\C/C=C\C/C=C\C/C=C\C/C=C\CC. The molecule has 3 atom stereocenters. The van der Waals surface area contributed by atoms with E-state index in [1.54, 1.807) is 6.08 Å². The average molecular weight is 989 g/mol. The summed E-state index contributed by atoms with van der Waals surface area (Å²) in [5.74, 6) is -0.225. The molecule has 0 saturated carbocycles. The van der Waals surface area contributed by atoms with Gasteiger partial charge in [-0.25, -0.2) is 0 Å². The van der Waals surface area contributed by atoms with Crippen molar-refractivity contribution in [1.29, 1.82) is 0 Å². The molecule has 0 spiro atoms. The first-order chi connectivity index (χ1) is 34.0. The summed E-state index contributed by atoms with van der Waals surface area (Å²) >= 11 is 0. The number of hydrogen-bond donors (Lipinski definition) is 2. The number of rotatable bonds is 47. The number of phosphoric ester groups is 1. The number of carbonyl (C=O) groups excluding carboxylic acids is 1. The zero-order valence-electron chi connectivity index (χ0n) is 44.9. The van der Waals surface area contributed by atoms with E-state index in [2.05, 4.69) is 140 Å². The molecule has 0 aliphatic rings. The highest BCUT2D eigenvalue weighted by atomic mass is 31.2. The molecule has 396 valence electrons.